The molecule has 0 aromatic heterocycles. The van der Waals surface area contributed by atoms with E-state index in [1.54, 1.807) is 0 Å². The average molecular weight is 154 g/mol. The van der Waals surface area contributed by atoms with Crippen molar-refractivity contribution in [3.63, 3.8) is 0 Å². The van der Waals surface area contributed by atoms with E-state index in [1.807, 2.05) is 0 Å². The Morgan fingerprint density at radius 2 is 2.27 bits per heavy atom. The van der Waals surface area contributed by atoms with Crippen molar-refractivity contribution in [2.24, 2.45) is 5.92 Å². The topological polar surface area (TPSA) is 15.3 Å². The monoisotopic (exact) mass is 154 g/mol. The maximum absolute atomic E-state index is 3.61. The molecule has 2 nitrogen and oxygen atoms in total. The van der Waals surface area contributed by atoms with E-state index in [9.17, 15) is 0 Å². The van der Waals surface area contributed by atoms with E-state index >= 15 is 0 Å². The van der Waals surface area contributed by atoms with Crippen LogP contribution in [0, 0.1) is 5.92 Å². The first-order valence-electron chi connectivity index (χ1n) is 4.78. The molecule has 0 radical (unpaired) electrons. The average Bonchev–Trinajstić information content (AvgIpc) is 2.04. The molecule has 0 saturated carbocycles. The van der Waals surface area contributed by atoms with Gasteiger partial charge in [0.2, 0.25) is 0 Å². The van der Waals surface area contributed by atoms with E-state index in [2.05, 4.69) is 17.3 Å². The predicted octanol–water partition coefficient (Wildman–Crippen LogP) is 0.690. The molecule has 0 amide bonds. The number of hydrogen-bond acceptors (Lipinski definition) is 2. The van der Waals surface area contributed by atoms with Crippen molar-refractivity contribution < 1.29 is 0 Å². The van der Waals surface area contributed by atoms with Crippen LogP contribution in [0.25, 0.3) is 0 Å². The lowest BCUT2D eigenvalue weighted by atomic mass is 9.86. The third-order valence-electron chi connectivity index (χ3n) is 3.10. The fourth-order valence-corrected chi connectivity index (χ4v) is 2.43. The highest BCUT2D eigenvalue weighted by Crippen LogP contribution is 2.23. The molecule has 2 aliphatic rings. The maximum atomic E-state index is 3.61. The summed E-state index contributed by atoms with van der Waals surface area (Å²) < 4.78 is 0. The Bertz CT molecular complexity index is 136. The minimum absolute atomic E-state index is 0.847. The van der Waals surface area contributed by atoms with Crippen molar-refractivity contribution in [3.05, 3.63) is 0 Å². The van der Waals surface area contributed by atoms with Gasteiger partial charge in [0.05, 0.1) is 0 Å². The number of nitrogens with one attached hydrogen (secondary N) is 1. The Morgan fingerprint density at radius 1 is 1.36 bits per heavy atom. The summed E-state index contributed by atoms with van der Waals surface area (Å²) in [5, 5.41) is 3.61. The highest BCUT2D eigenvalue weighted by atomic mass is 15.1. The molecule has 2 saturated heterocycles. The number of hydrogen-bond donors (Lipinski definition) is 1. The van der Waals surface area contributed by atoms with Crippen LogP contribution < -0.4 is 5.32 Å². The molecule has 0 unspecified atom stereocenters. The number of likely N-dealkylation sites (tertiary alicyclic amines) is 1. The van der Waals surface area contributed by atoms with E-state index in [-0.39, 0.29) is 0 Å². The summed E-state index contributed by atoms with van der Waals surface area (Å²) >= 11 is 0. The van der Waals surface area contributed by atoms with Crippen LogP contribution in [0.4, 0.5) is 0 Å². The summed E-state index contributed by atoms with van der Waals surface area (Å²) in [6.07, 6.45) is 4.19. The molecule has 11 heavy (non-hydrogen) atoms. The number of piperidine rings is 2. The van der Waals surface area contributed by atoms with Crippen LogP contribution in [0.5, 0.6) is 0 Å². The molecule has 2 heteroatoms. The number of nitrogens with zero attached hydrogens (tertiary/aromatic N) is 1. The molecule has 1 N–H and O–H groups in total. The second-order valence-electron chi connectivity index (χ2n) is 4.01. The van der Waals surface area contributed by atoms with Gasteiger partial charge in [0.1, 0.15) is 0 Å². The molecular formula is C9H18N2. The normalized spacial score (nSPS) is 40.1. The van der Waals surface area contributed by atoms with Crippen LogP contribution in [0.15, 0.2) is 0 Å². The Hall–Kier alpha value is -0.0800. The fraction of sp³-hybridized carbons (Fsp3) is 1.00. The quantitative estimate of drug-likeness (QED) is 0.552. The molecule has 2 aliphatic heterocycles. The summed E-state index contributed by atoms with van der Waals surface area (Å²) in [5.74, 6) is 0.947. The van der Waals surface area contributed by atoms with Crippen LogP contribution >= 0.6 is 0 Å². The molecular weight excluding hydrogens is 136 g/mol. The predicted molar refractivity (Wildman–Crippen MR) is 46.6 cm³/mol. The molecule has 0 aliphatic carbocycles. The van der Waals surface area contributed by atoms with Gasteiger partial charge in [-0.25, -0.2) is 0 Å². The van der Waals surface area contributed by atoms with Crippen LogP contribution in [0.1, 0.15) is 19.3 Å². The Morgan fingerprint density at radius 3 is 3.18 bits per heavy atom. The van der Waals surface area contributed by atoms with Gasteiger partial charge in [-0.1, -0.05) is 0 Å². The van der Waals surface area contributed by atoms with Gasteiger partial charge in [0.15, 0.2) is 0 Å². The molecule has 2 rings (SSSR count). The first-order valence-corrected chi connectivity index (χ1v) is 4.78. The standard InChI is InChI=1S/C9H18N2/c1-11-6-4-9-8(7-11)3-2-5-10-9/h8-10H,2-7H2,1H3/t8-,9+/m1/s1. The fourth-order valence-electron chi connectivity index (χ4n) is 2.43. The van der Waals surface area contributed by atoms with Gasteiger partial charge in [0, 0.05) is 12.6 Å². The lowest BCUT2D eigenvalue weighted by Gasteiger charge is -2.40. The van der Waals surface area contributed by atoms with E-state index < -0.39 is 0 Å². The van der Waals surface area contributed by atoms with E-state index in [4.69, 9.17) is 0 Å². The van der Waals surface area contributed by atoms with Crippen molar-refractivity contribution in [2.75, 3.05) is 26.7 Å². The third-order valence-corrected chi connectivity index (χ3v) is 3.10. The summed E-state index contributed by atoms with van der Waals surface area (Å²) in [4.78, 5) is 2.47. The minimum Gasteiger partial charge on any atom is -0.314 e. The maximum Gasteiger partial charge on any atom is 0.0120 e. The summed E-state index contributed by atoms with van der Waals surface area (Å²) in [6, 6.07) is 0.847. The minimum atomic E-state index is 0.847. The summed E-state index contributed by atoms with van der Waals surface area (Å²) in [5.41, 5.74) is 0. The number of rotatable bonds is 0. The lowest BCUT2D eigenvalue weighted by molar-refractivity contribution is 0.135. The first kappa shape index (κ1) is 7.56. The molecule has 0 aromatic rings. The SMILES string of the molecule is CN1CC[C@@H]2NCCC[C@@H]2C1. The Labute approximate surface area is 69.0 Å². The van der Waals surface area contributed by atoms with E-state index in [0.29, 0.717) is 0 Å². The molecule has 2 heterocycles. The van der Waals surface area contributed by atoms with Gasteiger partial charge in [-0.3, -0.25) is 0 Å². The van der Waals surface area contributed by atoms with Crippen LogP contribution in [0.3, 0.4) is 0 Å². The highest BCUT2D eigenvalue weighted by Gasteiger charge is 2.28. The van der Waals surface area contributed by atoms with Gasteiger partial charge in [0.25, 0.3) is 0 Å². The van der Waals surface area contributed by atoms with Gasteiger partial charge >= 0.3 is 0 Å². The zero-order valence-corrected chi connectivity index (χ0v) is 7.34. The second kappa shape index (κ2) is 3.11. The summed E-state index contributed by atoms with van der Waals surface area (Å²) in [7, 11) is 2.24. The molecule has 0 spiro atoms. The Kier molecular flexibility index (Phi) is 2.14. The zero-order valence-electron chi connectivity index (χ0n) is 7.34. The van der Waals surface area contributed by atoms with Gasteiger partial charge in [-0.2, -0.15) is 0 Å². The molecule has 0 aromatic carbocycles. The van der Waals surface area contributed by atoms with Crippen LogP contribution in [0.2, 0.25) is 0 Å². The van der Waals surface area contributed by atoms with Crippen molar-refractivity contribution in [1.29, 1.82) is 0 Å². The molecule has 2 fully saturated rings. The molecule has 2 atom stereocenters. The van der Waals surface area contributed by atoms with Crippen molar-refractivity contribution >= 4 is 0 Å². The smallest absolute Gasteiger partial charge is 0.0120 e. The van der Waals surface area contributed by atoms with Crippen LogP contribution in [-0.2, 0) is 0 Å². The van der Waals surface area contributed by atoms with Gasteiger partial charge < -0.3 is 10.2 Å². The van der Waals surface area contributed by atoms with Crippen molar-refractivity contribution in [1.82, 2.24) is 10.2 Å². The second-order valence-corrected chi connectivity index (χ2v) is 4.01. The molecule has 0 bridgehead atoms. The largest absolute Gasteiger partial charge is 0.314 e. The lowest BCUT2D eigenvalue weighted by Crippen LogP contribution is -2.50. The summed E-state index contributed by atoms with van der Waals surface area (Å²) in [6.45, 7) is 3.86. The highest BCUT2D eigenvalue weighted by molar-refractivity contribution is 4.86. The first-order chi connectivity index (χ1) is 5.36. The van der Waals surface area contributed by atoms with Gasteiger partial charge in [-0.05, 0) is 45.3 Å². The van der Waals surface area contributed by atoms with E-state index in [1.165, 1.54) is 38.9 Å². The van der Waals surface area contributed by atoms with Gasteiger partial charge in [-0.15, -0.1) is 0 Å². The zero-order chi connectivity index (χ0) is 7.68. The van der Waals surface area contributed by atoms with Crippen molar-refractivity contribution in [3.8, 4) is 0 Å². The molecule has 64 valence electrons. The van der Waals surface area contributed by atoms with Crippen molar-refractivity contribution in [2.45, 2.75) is 25.3 Å². The number of fused-ring (bicyclic) bond motifs is 1. The van der Waals surface area contributed by atoms with E-state index in [0.717, 1.165) is 12.0 Å². The van der Waals surface area contributed by atoms with Crippen LogP contribution in [-0.4, -0.2) is 37.6 Å². The Balaban J connectivity index is 1.93. The third kappa shape index (κ3) is 1.57.